The first kappa shape index (κ1) is 23.8. The molecule has 0 saturated carbocycles. The molecule has 0 saturated heterocycles. The van der Waals surface area contributed by atoms with Crippen molar-refractivity contribution in [3.63, 3.8) is 0 Å². The third kappa shape index (κ3) is 6.17. The summed E-state index contributed by atoms with van der Waals surface area (Å²) >= 11 is 0. The summed E-state index contributed by atoms with van der Waals surface area (Å²) in [6.07, 6.45) is -1.52. The number of halogens is 3. The summed E-state index contributed by atoms with van der Waals surface area (Å²) in [7, 11) is 0. The molecule has 0 unspecified atom stereocenters. The van der Waals surface area contributed by atoms with Gasteiger partial charge < -0.3 is 14.5 Å². The van der Waals surface area contributed by atoms with Crippen molar-refractivity contribution >= 4 is 17.4 Å². The van der Waals surface area contributed by atoms with Crippen molar-refractivity contribution in [1.82, 2.24) is 9.78 Å². The van der Waals surface area contributed by atoms with Crippen LogP contribution < -0.4 is 10.1 Å². The zero-order valence-corrected chi connectivity index (χ0v) is 18.5. The van der Waals surface area contributed by atoms with Gasteiger partial charge in [0.1, 0.15) is 18.1 Å². The molecule has 2 aromatic heterocycles. The maximum absolute atomic E-state index is 12.9. The molecule has 7 nitrogen and oxygen atoms in total. The smallest absolute Gasteiger partial charge is 0.416 e. The van der Waals surface area contributed by atoms with E-state index >= 15 is 0 Å². The first-order chi connectivity index (χ1) is 16.7. The van der Waals surface area contributed by atoms with Gasteiger partial charge in [0.15, 0.2) is 11.5 Å². The van der Waals surface area contributed by atoms with Crippen molar-refractivity contribution in [2.75, 3.05) is 5.32 Å². The largest absolute Gasteiger partial charge is 0.486 e. The summed E-state index contributed by atoms with van der Waals surface area (Å²) < 4.78 is 51.2. The summed E-state index contributed by atoms with van der Waals surface area (Å²) in [4.78, 5) is 23.8. The monoisotopic (exact) mass is 483 g/mol. The van der Waals surface area contributed by atoms with Gasteiger partial charge in [-0.25, -0.2) is 0 Å². The maximum Gasteiger partial charge on any atom is 0.416 e. The van der Waals surface area contributed by atoms with E-state index in [2.05, 4.69) is 10.4 Å². The lowest BCUT2D eigenvalue weighted by molar-refractivity contribution is -0.137. The summed E-state index contributed by atoms with van der Waals surface area (Å²) in [5, 5.41) is 6.72. The number of carbonyl (C=O) groups excluding carboxylic acids is 2. The molecule has 35 heavy (non-hydrogen) atoms. The molecular formula is C25H20F3N3O4. The molecule has 1 amide bonds. The lowest BCUT2D eigenvalue weighted by Gasteiger charge is -2.08. The number of ether oxygens (including phenoxy) is 1. The molecule has 2 aromatic carbocycles. The third-order valence-electron chi connectivity index (χ3n) is 5.02. The molecule has 4 aromatic rings. The van der Waals surface area contributed by atoms with Gasteiger partial charge in [0.05, 0.1) is 24.0 Å². The first-order valence-electron chi connectivity index (χ1n) is 10.5. The highest BCUT2D eigenvalue weighted by atomic mass is 19.4. The molecular weight excluding hydrogens is 463 g/mol. The number of rotatable bonds is 8. The van der Waals surface area contributed by atoms with Crippen LogP contribution in [0.1, 0.15) is 44.7 Å². The standard InChI is InChI=1S/C25H20F3N3O4/c1-16(32)18-5-7-21(8-6-18)34-15-22-9-10-23(35-22)24(33)30-20-12-29-31(14-20)13-17-3-2-4-19(11-17)25(26,27)28/h2-12,14H,13,15H2,1H3,(H,30,33). The zero-order valence-electron chi connectivity index (χ0n) is 18.5. The molecule has 2 heterocycles. The number of nitrogens with one attached hydrogen (secondary N) is 1. The van der Waals surface area contributed by atoms with Gasteiger partial charge in [-0.15, -0.1) is 0 Å². The molecule has 0 aliphatic rings. The van der Waals surface area contributed by atoms with E-state index in [1.165, 1.54) is 36.1 Å². The van der Waals surface area contributed by atoms with E-state index in [1.54, 1.807) is 36.4 Å². The van der Waals surface area contributed by atoms with Crippen LogP contribution in [0.5, 0.6) is 5.75 Å². The molecule has 0 fully saturated rings. The SMILES string of the molecule is CC(=O)c1ccc(OCc2ccc(C(=O)Nc3cnn(Cc4cccc(C(F)(F)F)c4)c3)o2)cc1. The number of ketones is 1. The molecule has 0 aliphatic heterocycles. The normalized spacial score (nSPS) is 11.3. The van der Waals surface area contributed by atoms with E-state index in [0.29, 0.717) is 28.3 Å². The Balaban J connectivity index is 1.32. The van der Waals surface area contributed by atoms with E-state index < -0.39 is 17.6 Å². The number of amides is 1. The highest BCUT2D eigenvalue weighted by Gasteiger charge is 2.30. The van der Waals surface area contributed by atoms with Crippen LogP contribution in [-0.4, -0.2) is 21.5 Å². The predicted molar refractivity (Wildman–Crippen MR) is 120 cm³/mol. The Kier molecular flexibility index (Phi) is 6.72. The number of hydrogen-bond acceptors (Lipinski definition) is 5. The number of carbonyl (C=O) groups is 2. The molecule has 180 valence electrons. The van der Waals surface area contributed by atoms with Crippen molar-refractivity contribution in [2.45, 2.75) is 26.3 Å². The van der Waals surface area contributed by atoms with Gasteiger partial charge in [-0.1, -0.05) is 12.1 Å². The minimum Gasteiger partial charge on any atom is -0.486 e. The molecule has 0 atom stereocenters. The van der Waals surface area contributed by atoms with Gasteiger partial charge in [-0.2, -0.15) is 18.3 Å². The van der Waals surface area contributed by atoms with Crippen LogP contribution in [0.3, 0.4) is 0 Å². The number of hydrogen-bond donors (Lipinski definition) is 1. The molecule has 10 heteroatoms. The average molecular weight is 483 g/mol. The number of aromatic nitrogens is 2. The predicted octanol–water partition coefficient (Wildman–Crippen LogP) is 5.58. The fraction of sp³-hybridized carbons (Fsp3) is 0.160. The van der Waals surface area contributed by atoms with Gasteiger partial charge in [0, 0.05) is 11.8 Å². The van der Waals surface area contributed by atoms with E-state index in [1.807, 2.05) is 0 Å². The Morgan fingerprint density at radius 1 is 1.09 bits per heavy atom. The van der Waals surface area contributed by atoms with Crippen molar-refractivity contribution in [3.05, 3.63) is 101 Å². The van der Waals surface area contributed by atoms with Gasteiger partial charge in [0.25, 0.3) is 5.91 Å². The van der Waals surface area contributed by atoms with Crippen molar-refractivity contribution in [2.24, 2.45) is 0 Å². The van der Waals surface area contributed by atoms with Crippen molar-refractivity contribution < 1.29 is 31.9 Å². The topological polar surface area (TPSA) is 86.4 Å². The summed E-state index contributed by atoms with van der Waals surface area (Å²) in [5.74, 6) is 0.470. The van der Waals surface area contributed by atoms with Crippen LogP contribution >= 0.6 is 0 Å². The highest BCUT2D eigenvalue weighted by Crippen LogP contribution is 2.29. The van der Waals surface area contributed by atoms with Crippen LogP contribution in [0.25, 0.3) is 0 Å². The van der Waals surface area contributed by atoms with Gasteiger partial charge in [-0.3, -0.25) is 14.3 Å². The molecule has 0 aliphatic carbocycles. The second kappa shape index (κ2) is 9.88. The van der Waals surface area contributed by atoms with Gasteiger partial charge >= 0.3 is 6.18 Å². The fourth-order valence-corrected chi connectivity index (χ4v) is 3.26. The summed E-state index contributed by atoms with van der Waals surface area (Å²) in [5.41, 5.74) is 0.628. The first-order valence-corrected chi connectivity index (χ1v) is 10.5. The fourth-order valence-electron chi connectivity index (χ4n) is 3.26. The number of alkyl halides is 3. The molecule has 0 bridgehead atoms. The summed E-state index contributed by atoms with van der Waals surface area (Å²) in [6, 6.07) is 14.7. The van der Waals surface area contributed by atoms with E-state index in [4.69, 9.17) is 9.15 Å². The molecule has 4 rings (SSSR count). The lowest BCUT2D eigenvalue weighted by Crippen LogP contribution is -2.10. The maximum atomic E-state index is 12.9. The van der Waals surface area contributed by atoms with Crippen LogP contribution in [-0.2, 0) is 19.3 Å². The number of furan rings is 1. The second-order valence-corrected chi connectivity index (χ2v) is 7.71. The van der Waals surface area contributed by atoms with Crippen LogP contribution in [0.4, 0.5) is 18.9 Å². The minimum absolute atomic E-state index is 0.0422. The van der Waals surface area contributed by atoms with Gasteiger partial charge in [-0.05, 0) is 61.0 Å². The van der Waals surface area contributed by atoms with Crippen molar-refractivity contribution in [3.8, 4) is 5.75 Å². The van der Waals surface area contributed by atoms with Crippen LogP contribution in [0.2, 0.25) is 0 Å². The van der Waals surface area contributed by atoms with E-state index in [0.717, 1.165) is 12.1 Å². The molecule has 1 N–H and O–H groups in total. The quantitative estimate of drug-likeness (QED) is 0.331. The Morgan fingerprint density at radius 3 is 2.57 bits per heavy atom. The average Bonchev–Trinajstić information content (AvgIpc) is 3.47. The highest BCUT2D eigenvalue weighted by molar-refractivity contribution is 6.02. The molecule has 0 radical (unpaired) electrons. The number of Topliss-reactive ketones (excluding diaryl/α,β-unsaturated/α-hetero) is 1. The van der Waals surface area contributed by atoms with E-state index in [9.17, 15) is 22.8 Å². The second-order valence-electron chi connectivity index (χ2n) is 7.71. The third-order valence-corrected chi connectivity index (χ3v) is 5.02. The van der Waals surface area contributed by atoms with Crippen LogP contribution in [0.15, 0.2) is 77.5 Å². The number of anilines is 1. The number of benzene rings is 2. The summed E-state index contributed by atoms with van der Waals surface area (Å²) in [6.45, 7) is 1.67. The Bertz CT molecular complexity index is 1340. The van der Waals surface area contributed by atoms with E-state index in [-0.39, 0.29) is 24.7 Å². The Hall–Kier alpha value is -4.34. The Labute approximate surface area is 198 Å². The zero-order chi connectivity index (χ0) is 25.0. The number of nitrogens with zero attached hydrogens (tertiary/aromatic N) is 2. The van der Waals surface area contributed by atoms with Crippen LogP contribution in [0, 0.1) is 0 Å². The Morgan fingerprint density at radius 2 is 1.86 bits per heavy atom. The molecule has 0 spiro atoms. The minimum atomic E-state index is -4.42. The van der Waals surface area contributed by atoms with Gasteiger partial charge in [0.2, 0.25) is 0 Å². The lowest BCUT2D eigenvalue weighted by atomic mass is 10.1. The van der Waals surface area contributed by atoms with Crippen molar-refractivity contribution in [1.29, 1.82) is 0 Å².